The number of amides is 1. The molecule has 0 fully saturated rings. The summed E-state index contributed by atoms with van der Waals surface area (Å²) in [5, 5.41) is 3.06. The summed E-state index contributed by atoms with van der Waals surface area (Å²) >= 11 is 0. The Bertz CT molecular complexity index is 783. The molecule has 1 aliphatic rings. The summed E-state index contributed by atoms with van der Waals surface area (Å²) in [6.07, 6.45) is 1.93. The third-order valence-electron chi connectivity index (χ3n) is 4.43. The van der Waals surface area contributed by atoms with E-state index in [0.29, 0.717) is 37.8 Å². The molecule has 0 saturated heterocycles. The fourth-order valence-electron chi connectivity index (χ4n) is 3.16. The molecule has 5 heteroatoms. The van der Waals surface area contributed by atoms with Gasteiger partial charge in [-0.25, -0.2) is 4.98 Å². The number of ether oxygens (including phenoxy) is 2. The summed E-state index contributed by atoms with van der Waals surface area (Å²) in [5.41, 5.74) is 1.75. The van der Waals surface area contributed by atoms with Gasteiger partial charge in [0.25, 0.3) is 0 Å². The van der Waals surface area contributed by atoms with Crippen molar-refractivity contribution in [3.05, 3.63) is 53.7 Å². The Morgan fingerprint density at radius 1 is 1.22 bits per heavy atom. The van der Waals surface area contributed by atoms with Gasteiger partial charge in [0.15, 0.2) is 0 Å². The van der Waals surface area contributed by atoms with Crippen LogP contribution in [0.3, 0.4) is 0 Å². The van der Waals surface area contributed by atoms with Crippen molar-refractivity contribution < 1.29 is 14.3 Å². The second kappa shape index (κ2) is 8.42. The van der Waals surface area contributed by atoms with Gasteiger partial charge in [0.2, 0.25) is 11.8 Å². The van der Waals surface area contributed by atoms with Gasteiger partial charge in [-0.3, -0.25) is 4.79 Å². The summed E-state index contributed by atoms with van der Waals surface area (Å²) in [6.45, 7) is 7.30. The Morgan fingerprint density at radius 3 is 2.85 bits per heavy atom. The number of nitrogens with one attached hydrogen (secondary N) is 1. The highest BCUT2D eigenvalue weighted by Crippen LogP contribution is 2.32. The predicted octanol–water partition coefficient (Wildman–Crippen LogP) is 3.87. The van der Waals surface area contributed by atoms with E-state index in [-0.39, 0.29) is 11.5 Å². The van der Waals surface area contributed by atoms with Crippen LogP contribution in [0.25, 0.3) is 0 Å². The number of para-hydroxylation sites is 1. The van der Waals surface area contributed by atoms with Crippen LogP contribution in [-0.2, 0) is 11.2 Å². The van der Waals surface area contributed by atoms with E-state index in [4.69, 9.17) is 9.47 Å². The molecule has 1 atom stereocenters. The van der Waals surface area contributed by atoms with E-state index >= 15 is 0 Å². The van der Waals surface area contributed by atoms with Gasteiger partial charge in [-0.1, -0.05) is 24.3 Å². The van der Waals surface area contributed by atoms with Gasteiger partial charge < -0.3 is 14.8 Å². The van der Waals surface area contributed by atoms with E-state index in [1.54, 1.807) is 0 Å². The van der Waals surface area contributed by atoms with E-state index in [2.05, 4.69) is 16.4 Å². The Morgan fingerprint density at radius 2 is 2.04 bits per heavy atom. The first-order chi connectivity index (χ1) is 12.9. The first-order valence-electron chi connectivity index (χ1n) is 9.54. The van der Waals surface area contributed by atoms with Gasteiger partial charge in [-0.15, -0.1) is 0 Å². The van der Waals surface area contributed by atoms with Crippen LogP contribution in [0, 0.1) is 0 Å². The van der Waals surface area contributed by atoms with Gasteiger partial charge in [-0.2, -0.15) is 0 Å². The molecule has 0 radical (unpaired) electrons. The van der Waals surface area contributed by atoms with Crippen LogP contribution in [0.1, 0.15) is 50.8 Å². The summed E-state index contributed by atoms with van der Waals surface area (Å²) < 4.78 is 11.5. The number of rotatable bonds is 6. The molecule has 1 unspecified atom stereocenters. The topological polar surface area (TPSA) is 60.5 Å². The van der Waals surface area contributed by atoms with Crippen molar-refractivity contribution in [3.63, 3.8) is 0 Å². The monoisotopic (exact) mass is 368 g/mol. The molecule has 3 rings (SSSR count). The number of hydrogen-bond acceptors (Lipinski definition) is 4. The van der Waals surface area contributed by atoms with Gasteiger partial charge in [0, 0.05) is 30.6 Å². The smallest absolute Gasteiger partial charge is 0.220 e. The van der Waals surface area contributed by atoms with Crippen LogP contribution in [0.15, 0.2) is 42.5 Å². The van der Waals surface area contributed by atoms with E-state index in [0.717, 1.165) is 17.9 Å². The zero-order valence-electron chi connectivity index (χ0n) is 16.3. The van der Waals surface area contributed by atoms with Gasteiger partial charge in [-0.05, 0) is 51.3 Å². The maximum absolute atomic E-state index is 12.3. The molecule has 1 aromatic heterocycles. The molecule has 0 spiro atoms. The average molecular weight is 368 g/mol. The fourth-order valence-corrected chi connectivity index (χ4v) is 3.16. The summed E-state index contributed by atoms with van der Waals surface area (Å²) in [4.78, 5) is 16.8. The summed E-state index contributed by atoms with van der Waals surface area (Å²) in [7, 11) is 0. The van der Waals surface area contributed by atoms with E-state index in [1.165, 1.54) is 5.56 Å². The van der Waals surface area contributed by atoms with Crippen molar-refractivity contribution in [1.29, 1.82) is 0 Å². The zero-order chi connectivity index (χ0) is 19.3. The minimum Gasteiger partial charge on any atom is -0.493 e. The second-order valence-electron chi connectivity index (χ2n) is 7.86. The number of carbonyl (C=O) groups excluding carboxylic acids is 1. The number of aromatic nitrogens is 1. The Hall–Kier alpha value is -2.56. The normalized spacial score (nSPS) is 16.2. The number of carbonyl (C=O) groups is 1. The molecule has 144 valence electrons. The number of benzene rings is 1. The van der Waals surface area contributed by atoms with Gasteiger partial charge >= 0.3 is 0 Å². The van der Waals surface area contributed by atoms with Crippen LogP contribution in [0.5, 0.6) is 11.6 Å². The first-order valence-corrected chi connectivity index (χ1v) is 9.54. The molecule has 1 aliphatic heterocycles. The molecule has 1 amide bonds. The van der Waals surface area contributed by atoms with Crippen LogP contribution < -0.4 is 14.8 Å². The number of nitrogens with zero attached hydrogens (tertiary/aromatic N) is 1. The number of fused-ring (bicyclic) bond motifs is 1. The number of aryl methyl sites for hydroxylation is 1. The highest BCUT2D eigenvalue weighted by Gasteiger charge is 2.21. The number of pyridine rings is 1. The summed E-state index contributed by atoms with van der Waals surface area (Å²) in [6, 6.07) is 13.7. The maximum atomic E-state index is 12.3. The standard InChI is InChI=1S/C22H28N2O3/c1-22(2,3)27-21-10-6-7-17(24-21)11-12-20(25)23-15-16-13-14-26-19-9-5-4-8-18(16)19/h4-10,16H,11-15H2,1-3H3,(H,23,25). The third-order valence-corrected chi connectivity index (χ3v) is 4.43. The van der Waals surface area contributed by atoms with Crippen LogP contribution in [0.2, 0.25) is 0 Å². The average Bonchev–Trinajstić information content (AvgIpc) is 2.63. The molecule has 1 N–H and O–H groups in total. The molecule has 1 aromatic carbocycles. The molecule has 27 heavy (non-hydrogen) atoms. The molecular weight excluding hydrogens is 340 g/mol. The lowest BCUT2D eigenvalue weighted by atomic mass is 9.93. The zero-order valence-corrected chi connectivity index (χ0v) is 16.3. The first kappa shape index (κ1) is 19.2. The van der Waals surface area contributed by atoms with Crippen molar-refractivity contribution in [2.75, 3.05) is 13.2 Å². The summed E-state index contributed by atoms with van der Waals surface area (Å²) in [5.74, 6) is 1.88. The molecule has 2 heterocycles. The van der Waals surface area contributed by atoms with E-state index in [9.17, 15) is 4.79 Å². The lowest BCUT2D eigenvalue weighted by molar-refractivity contribution is -0.121. The molecule has 0 bridgehead atoms. The lowest BCUT2D eigenvalue weighted by Crippen LogP contribution is -2.31. The van der Waals surface area contributed by atoms with Crippen molar-refractivity contribution in [1.82, 2.24) is 10.3 Å². The molecule has 0 saturated carbocycles. The molecule has 5 nitrogen and oxygen atoms in total. The highest BCUT2D eigenvalue weighted by atomic mass is 16.5. The predicted molar refractivity (Wildman–Crippen MR) is 105 cm³/mol. The van der Waals surface area contributed by atoms with Crippen LogP contribution >= 0.6 is 0 Å². The van der Waals surface area contributed by atoms with E-state index < -0.39 is 0 Å². The molecular formula is C22H28N2O3. The van der Waals surface area contributed by atoms with Crippen LogP contribution in [-0.4, -0.2) is 29.6 Å². The maximum Gasteiger partial charge on any atom is 0.220 e. The third kappa shape index (κ3) is 5.71. The largest absolute Gasteiger partial charge is 0.493 e. The second-order valence-corrected chi connectivity index (χ2v) is 7.86. The van der Waals surface area contributed by atoms with E-state index in [1.807, 2.05) is 57.2 Å². The molecule has 2 aromatic rings. The van der Waals surface area contributed by atoms with Crippen molar-refractivity contribution in [2.24, 2.45) is 0 Å². The Balaban J connectivity index is 1.49. The Labute approximate surface area is 161 Å². The minimum absolute atomic E-state index is 0.0444. The van der Waals surface area contributed by atoms with Crippen LogP contribution in [0.4, 0.5) is 0 Å². The van der Waals surface area contributed by atoms with Crippen molar-refractivity contribution >= 4 is 5.91 Å². The lowest BCUT2D eigenvalue weighted by Gasteiger charge is -2.26. The van der Waals surface area contributed by atoms with Gasteiger partial charge in [0.05, 0.1) is 6.61 Å². The SMILES string of the molecule is CC(C)(C)Oc1cccc(CCC(=O)NCC2CCOc3ccccc32)n1. The fraction of sp³-hybridized carbons (Fsp3) is 0.455. The quantitative estimate of drug-likeness (QED) is 0.841. The van der Waals surface area contributed by atoms with Gasteiger partial charge in [0.1, 0.15) is 11.4 Å². The highest BCUT2D eigenvalue weighted by molar-refractivity contribution is 5.76. The molecule has 0 aliphatic carbocycles. The minimum atomic E-state index is -0.289. The van der Waals surface area contributed by atoms with Crippen molar-refractivity contribution in [2.45, 2.75) is 51.6 Å². The number of hydrogen-bond donors (Lipinski definition) is 1. The van der Waals surface area contributed by atoms with Crippen molar-refractivity contribution in [3.8, 4) is 11.6 Å². The Kier molecular flexibility index (Phi) is 5.99.